The number of pyridine rings is 1. The van der Waals surface area contributed by atoms with Gasteiger partial charge in [0.1, 0.15) is 5.69 Å². The third kappa shape index (κ3) is 2.81. The van der Waals surface area contributed by atoms with E-state index in [9.17, 15) is 9.59 Å². The molecule has 2 amide bonds. The normalized spacial score (nSPS) is 11.2. The average molecular weight is 376 g/mol. The molecular formula is C21H20N4O3. The fourth-order valence-electron chi connectivity index (χ4n) is 3.85. The molecular weight excluding hydrogens is 356 g/mol. The second-order valence-corrected chi connectivity index (χ2v) is 6.72. The third-order valence-electron chi connectivity index (χ3n) is 5.09. The topological polar surface area (TPSA) is 96.2 Å². The number of hydrogen-bond acceptors (Lipinski definition) is 3. The van der Waals surface area contributed by atoms with Crippen LogP contribution in [-0.2, 0) is 7.05 Å². The first kappa shape index (κ1) is 17.8. The zero-order chi connectivity index (χ0) is 19.8. The monoisotopic (exact) mass is 376 g/mol. The molecule has 0 atom stereocenters. The molecule has 28 heavy (non-hydrogen) atoms. The van der Waals surface area contributed by atoms with E-state index in [0.29, 0.717) is 5.69 Å². The maximum Gasteiger partial charge on any atom is 0.404 e. The number of fused-ring (bicyclic) bond motifs is 4. The van der Waals surface area contributed by atoms with Crippen LogP contribution in [-0.4, -0.2) is 39.7 Å². The molecule has 3 N–H and O–H groups in total. The van der Waals surface area contributed by atoms with Gasteiger partial charge in [-0.1, -0.05) is 18.2 Å². The van der Waals surface area contributed by atoms with Crippen LogP contribution in [0, 0.1) is 6.92 Å². The average Bonchev–Trinajstić information content (AvgIpc) is 2.97. The minimum Gasteiger partial charge on any atom is -0.465 e. The highest BCUT2D eigenvalue weighted by atomic mass is 16.4. The number of rotatable bonds is 4. The lowest BCUT2D eigenvalue weighted by atomic mass is 10.00. The molecule has 0 aliphatic rings. The summed E-state index contributed by atoms with van der Waals surface area (Å²) < 4.78 is 2.18. The predicted octanol–water partition coefficient (Wildman–Crippen LogP) is 3.19. The number of nitrogens with zero attached hydrogens (tertiary/aromatic N) is 2. The second-order valence-electron chi connectivity index (χ2n) is 6.72. The number of aromatic nitrogens is 2. The molecule has 0 unspecified atom stereocenters. The molecule has 0 aliphatic carbocycles. The van der Waals surface area contributed by atoms with Gasteiger partial charge < -0.3 is 20.3 Å². The minimum absolute atomic E-state index is 0.137. The summed E-state index contributed by atoms with van der Waals surface area (Å²) in [4.78, 5) is 27.5. The third-order valence-corrected chi connectivity index (χ3v) is 5.09. The van der Waals surface area contributed by atoms with Crippen LogP contribution in [0.25, 0.3) is 32.6 Å². The molecule has 0 saturated heterocycles. The van der Waals surface area contributed by atoms with Gasteiger partial charge in [0.05, 0.1) is 5.52 Å². The molecule has 2 heterocycles. The summed E-state index contributed by atoms with van der Waals surface area (Å²) in [5, 5.41) is 17.5. The number of nitrogens with one attached hydrogen (secondary N) is 2. The van der Waals surface area contributed by atoms with Crippen LogP contribution in [0.3, 0.4) is 0 Å². The number of carbonyl (C=O) groups is 2. The van der Waals surface area contributed by atoms with Crippen molar-refractivity contribution in [1.29, 1.82) is 0 Å². The molecule has 0 radical (unpaired) electrons. The fourth-order valence-corrected chi connectivity index (χ4v) is 3.85. The number of hydrogen-bond donors (Lipinski definition) is 3. The van der Waals surface area contributed by atoms with E-state index in [1.165, 1.54) is 0 Å². The molecule has 2 aromatic carbocycles. The van der Waals surface area contributed by atoms with Crippen molar-refractivity contribution in [1.82, 2.24) is 20.2 Å². The molecule has 7 nitrogen and oxygen atoms in total. The van der Waals surface area contributed by atoms with Crippen LogP contribution in [0.2, 0.25) is 0 Å². The Bertz CT molecular complexity index is 1240. The van der Waals surface area contributed by atoms with Gasteiger partial charge in [-0.25, -0.2) is 4.79 Å². The predicted molar refractivity (Wildman–Crippen MR) is 109 cm³/mol. The molecule has 142 valence electrons. The highest BCUT2D eigenvalue weighted by Gasteiger charge is 2.17. The first-order valence-corrected chi connectivity index (χ1v) is 8.99. The highest BCUT2D eigenvalue weighted by Crippen LogP contribution is 2.35. The number of benzene rings is 2. The standard InChI is InChI=1S/C21H20N4O3/c1-12-13-7-8-22-18(20(26)23-9-10-24-21(27)28)15(13)11-16-14-5-3-4-6-17(14)25(2)19(12)16/h3-8,11,24H,9-10H2,1-2H3,(H,23,26)(H,27,28). The van der Waals surface area contributed by atoms with E-state index >= 15 is 0 Å². The number of amides is 2. The minimum atomic E-state index is -1.12. The summed E-state index contributed by atoms with van der Waals surface area (Å²) in [5.41, 5.74) is 3.70. The highest BCUT2D eigenvalue weighted by molar-refractivity contribution is 6.17. The fraction of sp³-hybridized carbons (Fsp3) is 0.190. The van der Waals surface area contributed by atoms with Crippen molar-refractivity contribution in [3.8, 4) is 0 Å². The summed E-state index contributed by atoms with van der Waals surface area (Å²) in [6.07, 6.45) is 0.514. The van der Waals surface area contributed by atoms with Gasteiger partial charge in [-0.05, 0) is 36.1 Å². The maximum atomic E-state index is 12.7. The van der Waals surface area contributed by atoms with E-state index < -0.39 is 6.09 Å². The van der Waals surface area contributed by atoms with Crippen molar-refractivity contribution in [2.45, 2.75) is 6.92 Å². The lowest BCUT2D eigenvalue weighted by molar-refractivity contribution is 0.0950. The van der Waals surface area contributed by atoms with Crippen LogP contribution in [0.5, 0.6) is 0 Å². The summed E-state index contributed by atoms with van der Waals surface area (Å²) in [7, 11) is 2.05. The summed E-state index contributed by atoms with van der Waals surface area (Å²) in [6.45, 7) is 2.39. The van der Waals surface area contributed by atoms with Gasteiger partial charge in [0.15, 0.2) is 0 Å². The van der Waals surface area contributed by atoms with Crippen molar-refractivity contribution >= 4 is 44.6 Å². The molecule has 0 spiro atoms. The Hall–Kier alpha value is -3.61. The maximum absolute atomic E-state index is 12.7. The van der Waals surface area contributed by atoms with Gasteiger partial charge in [-0.15, -0.1) is 0 Å². The lowest BCUT2D eigenvalue weighted by Crippen LogP contribution is -2.34. The van der Waals surface area contributed by atoms with E-state index in [2.05, 4.69) is 39.2 Å². The van der Waals surface area contributed by atoms with Crippen molar-refractivity contribution in [3.63, 3.8) is 0 Å². The number of carbonyl (C=O) groups excluding carboxylic acids is 1. The first-order valence-electron chi connectivity index (χ1n) is 8.99. The van der Waals surface area contributed by atoms with Crippen molar-refractivity contribution in [3.05, 3.63) is 53.9 Å². The lowest BCUT2D eigenvalue weighted by Gasteiger charge is -2.11. The van der Waals surface area contributed by atoms with Crippen LogP contribution >= 0.6 is 0 Å². The quantitative estimate of drug-likeness (QED) is 0.477. The molecule has 0 fully saturated rings. The first-order chi connectivity index (χ1) is 13.5. The Kier molecular flexibility index (Phi) is 4.35. The molecule has 4 rings (SSSR count). The smallest absolute Gasteiger partial charge is 0.404 e. The zero-order valence-corrected chi connectivity index (χ0v) is 15.6. The number of aryl methyl sites for hydroxylation is 2. The van der Waals surface area contributed by atoms with Gasteiger partial charge in [-0.3, -0.25) is 9.78 Å². The van der Waals surface area contributed by atoms with Crippen LogP contribution < -0.4 is 10.6 Å². The van der Waals surface area contributed by atoms with E-state index in [4.69, 9.17) is 5.11 Å². The number of carboxylic acid groups (broad SMARTS) is 1. The largest absolute Gasteiger partial charge is 0.465 e. The van der Waals surface area contributed by atoms with E-state index in [-0.39, 0.29) is 19.0 Å². The van der Waals surface area contributed by atoms with Crippen molar-refractivity contribution in [2.75, 3.05) is 13.1 Å². The van der Waals surface area contributed by atoms with E-state index in [0.717, 1.165) is 38.1 Å². The molecule has 0 aliphatic heterocycles. The van der Waals surface area contributed by atoms with Gasteiger partial charge in [0.25, 0.3) is 5.91 Å². The summed E-state index contributed by atoms with van der Waals surface area (Å²) in [6, 6.07) is 12.1. The van der Waals surface area contributed by atoms with Crippen molar-refractivity contribution in [2.24, 2.45) is 7.05 Å². The molecule has 4 aromatic rings. The van der Waals surface area contributed by atoms with E-state index in [1.54, 1.807) is 6.20 Å². The number of para-hydroxylation sites is 1. The Morgan fingerprint density at radius 2 is 1.79 bits per heavy atom. The Labute approximate surface area is 161 Å². The molecule has 2 aromatic heterocycles. The van der Waals surface area contributed by atoms with Crippen molar-refractivity contribution < 1.29 is 14.7 Å². The van der Waals surface area contributed by atoms with Crippen LogP contribution in [0.1, 0.15) is 16.1 Å². The van der Waals surface area contributed by atoms with Gasteiger partial charge >= 0.3 is 6.09 Å². The van der Waals surface area contributed by atoms with Crippen LogP contribution in [0.4, 0.5) is 4.79 Å². The summed E-state index contributed by atoms with van der Waals surface area (Å²) >= 11 is 0. The Balaban J connectivity index is 1.84. The van der Waals surface area contributed by atoms with Gasteiger partial charge in [-0.2, -0.15) is 0 Å². The summed E-state index contributed by atoms with van der Waals surface area (Å²) in [5.74, 6) is -0.322. The molecule has 0 bridgehead atoms. The van der Waals surface area contributed by atoms with Crippen LogP contribution in [0.15, 0.2) is 42.6 Å². The Morgan fingerprint density at radius 3 is 2.57 bits per heavy atom. The van der Waals surface area contributed by atoms with E-state index in [1.807, 2.05) is 31.3 Å². The Morgan fingerprint density at radius 1 is 1.04 bits per heavy atom. The van der Waals surface area contributed by atoms with Gasteiger partial charge in [0, 0.05) is 48.0 Å². The molecule has 7 heteroatoms. The zero-order valence-electron chi connectivity index (χ0n) is 15.6. The van der Waals surface area contributed by atoms with Gasteiger partial charge in [0.2, 0.25) is 0 Å². The molecule has 0 saturated carbocycles. The second kappa shape index (κ2) is 6.84. The SMILES string of the molecule is Cc1c2ccnc(C(=O)NCCNC(=O)O)c2cc2c3ccccc3n(C)c12.